The molecular weight excluding hydrogens is 228 g/mol. The van der Waals surface area contributed by atoms with E-state index in [0.29, 0.717) is 6.54 Å². The van der Waals surface area contributed by atoms with E-state index in [4.69, 9.17) is 5.73 Å². The van der Waals surface area contributed by atoms with Gasteiger partial charge in [0.2, 0.25) is 0 Å². The number of ether oxygens (including phenoxy) is 1. The van der Waals surface area contributed by atoms with Crippen molar-refractivity contribution in [2.24, 2.45) is 5.73 Å². The summed E-state index contributed by atoms with van der Waals surface area (Å²) in [5.74, 6) is -0.380. The highest BCUT2D eigenvalue weighted by Gasteiger charge is 2.30. The smallest absolute Gasteiger partial charge is 0.326 e. The number of nitrogens with zero attached hydrogens (tertiary/aromatic N) is 1. The van der Waals surface area contributed by atoms with Gasteiger partial charge in [0.25, 0.3) is 0 Å². The largest absolute Gasteiger partial charge is 0.468 e. The predicted octanol–water partition coefficient (Wildman–Crippen LogP) is 1.05. The Kier molecular flexibility index (Phi) is 5.31. The minimum Gasteiger partial charge on any atom is -0.468 e. The Morgan fingerprint density at radius 1 is 1.39 bits per heavy atom. The number of carbonyl (C=O) groups excluding carboxylic acids is 1. The molecule has 1 aromatic carbocycles. The molecular formula is C14H22N2O2. The Morgan fingerprint density at radius 3 is 2.56 bits per heavy atom. The quantitative estimate of drug-likeness (QED) is 0.767. The van der Waals surface area contributed by atoms with Crippen LogP contribution in [-0.4, -0.2) is 43.7 Å². The van der Waals surface area contributed by atoms with Crippen LogP contribution in [0.1, 0.15) is 12.5 Å². The van der Waals surface area contributed by atoms with Gasteiger partial charge in [-0.25, -0.2) is 0 Å². The molecule has 0 saturated carbocycles. The van der Waals surface area contributed by atoms with Crippen molar-refractivity contribution in [1.29, 1.82) is 0 Å². The van der Waals surface area contributed by atoms with Crippen LogP contribution in [0.4, 0.5) is 0 Å². The first kappa shape index (κ1) is 14.7. The van der Waals surface area contributed by atoms with Crippen LogP contribution in [0.25, 0.3) is 0 Å². The third kappa shape index (κ3) is 4.47. The highest BCUT2D eigenvalue weighted by Crippen LogP contribution is 2.06. The zero-order valence-corrected chi connectivity index (χ0v) is 11.3. The lowest BCUT2D eigenvalue weighted by atomic mass is 10.0. The maximum absolute atomic E-state index is 11.5. The molecule has 0 aromatic heterocycles. The molecule has 1 atom stereocenters. The van der Waals surface area contributed by atoms with Gasteiger partial charge in [-0.3, -0.25) is 4.79 Å². The molecule has 1 rings (SSSR count). The number of hydrogen-bond donors (Lipinski definition) is 1. The lowest BCUT2D eigenvalue weighted by Gasteiger charge is -2.27. The summed E-state index contributed by atoms with van der Waals surface area (Å²) >= 11 is 0. The minimum absolute atomic E-state index is 0.380. The van der Waals surface area contributed by atoms with Crippen molar-refractivity contribution in [3.63, 3.8) is 0 Å². The zero-order chi connectivity index (χ0) is 13.6. The van der Waals surface area contributed by atoms with E-state index in [1.807, 2.05) is 30.1 Å². The van der Waals surface area contributed by atoms with Gasteiger partial charge in [0.15, 0.2) is 0 Å². The molecule has 100 valence electrons. The van der Waals surface area contributed by atoms with Gasteiger partial charge in [-0.1, -0.05) is 30.3 Å². The molecule has 0 saturated heterocycles. The van der Waals surface area contributed by atoms with Gasteiger partial charge >= 0.3 is 5.97 Å². The summed E-state index contributed by atoms with van der Waals surface area (Å²) in [6, 6.07) is 10.2. The second kappa shape index (κ2) is 6.52. The second-order valence-electron chi connectivity index (χ2n) is 4.88. The molecule has 0 heterocycles. The average molecular weight is 250 g/mol. The van der Waals surface area contributed by atoms with E-state index in [9.17, 15) is 4.79 Å². The van der Waals surface area contributed by atoms with Crippen LogP contribution in [0.15, 0.2) is 30.3 Å². The molecule has 0 aliphatic heterocycles. The maximum atomic E-state index is 11.5. The van der Waals surface area contributed by atoms with Crippen molar-refractivity contribution in [2.75, 3.05) is 27.2 Å². The number of nitrogens with two attached hydrogens (primary N) is 1. The van der Waals surface area contributed by atoms with Crippen LogP contribution in [0, 0.1) is 0 Å². The van der Waals surface area contributed by atoms with Gasteiger partial charge in [0.05, 0.1) is 7.11 Å². The van der Waals surface area contributed by atoms with Crippen molar-refractivity contribution >= 4 is 5.97 Å². The molecule has 18 heavy (non-hydrogen) atoms. The zero-order valence-electron chi connectivity index (χ0n) is 11.3. The van der Waals surface area contributed by atoms with E-state index >= 15 is 0 Å². The van der Waals surface area contributed by atoms with Crippen LogP contribution >= 0.6 is 0 Å². The number of carbonyl (C=O) groups is 1. The number of hydrogen-bond acceptors (Lipinski definition) is 4. The summed E-state index contributed by atoms with van der Waals surface area (Å²) < 4.78 is 4.69. The summed E-state index contributed by atoms with van der Waals surface area (Å²) in [7, 11) is 3.31. The third-order valence-corrected chi connectivity index (χ3v) is 2.88. The fraction of sp³-hybridized carbons (Fsp3) is 0.500. The van der Waals surface area contributed by atoms with Crippen LogP contribution in [0.2, 0.25) is 0 Å². The lowest BCUT2D eigenvalue weighted by Crippen LogP contribution is -2.53. The standard InChI is InChI=1S/C14H22N2O2/c1-14(15,13(17)18-3)11-16(2)10-9-12-7-5-4-6-8-12/h4-8H,9-11,15H2,1-3H3. The van der Waals surface area contributed by atoms with E-state index < -0.39 is 5.54 Å². The number of esters is 1. The third-order valence-electron chi connectivity index (χ3n) is 2.88. The Hall–Kier alpha value is -1.39. The first-order chi connectivity index (χ1) is 8.45. The summed E-state index contributed by atoms with van der Waals surface area (Å²) in [5.41, 5.74) is 6.25. The van der Waals surface area contributed by atoms with Crippen molar-refractivity contribution in [1.82, 2.24) is 4.90 Å². The Morgan fingerprint density at radius 2 is 2.00 bits per heavy atom. The van der Waals surface area contributed by atoms with Crippen molar-refractivity contribution in [3.05, 3.63) is 35.9 Å². The van der Waals surface area contributed by atoms with E-state index in [0.717, 1.165) is 13.0 Å². The van der Waals surface area contributed by atoms with Gasteiger partial charge in [-0.2, -0.15) is 0 Å². The molecule has 1 unspecified atom stereocenters. The second-order valence-corrected chi connectivity index (χ2v) is 4.88. The first-order valence-electron chi connectivity index (χ1n) is 6.05. The maximum Gasteiger partial charge on any atom is 0.326 e. The Balaban J connectivity index is 2.42. The monoisotopic (exact) mass is 250 g/mol. The Bertz CT molecular complexity index is 377. The SMILES string of the molecule is COC(=O)C(C)(N)CN(C)CCc1ccccc1. The minimum atomic E-state index is -0.958. The fourth-order valence-corrected chi connectivity index (χ4v) is 1.90. The lowest BCUT2D eigenvalue weighted by molar-refractivity contribution is -0.147. The number of benzene rings is 1. The van der Waals surface area contributed by atoms with Crippen LogP contribution in [0.3, 0.4) is 0 Å². The summed E-state index contributed by atoms with van der Waals surface area (Å²) in [5, 5.41) is 0. The van der Waals surface area contributed by atoms with Gasteiger partial charge in [-0.15, -0.1) is 0 Å². The molecule has 0 aliphatic carbocycles. The van der Waals surface area contributed by atoms with Crippen LogP contribution in [0.5, 0.6) is 0 Å². The van der Waals surface area contributed by atoms with Crippen LogP contribution < -0.4 is 5.73 Å². The summed E-state index contributed by atoms with van der Waals surface area (Å²) in [4.78, 5) is 13.5. The predicted molar refractivity (Wildman–Crippen MR) is 72.3 cm³/mol. The van der Waals surface area contributed by atoms with Gasteiger partial charge < -0.3 is 15.4 Å². The molecule has 1 aromatic rings. The molecule has 0 aliphatic rings. The average Bonchev–Trinajstić information content (AvgIpc) is 2.36. The van der Waals surface area contributed by atoms with Crippen molar-refractivity contribution < 1.29 is 9.53 Å². The highest BCUT2D eigenvalue weighted by molar-refractivity contribution is 5.80. The number of likely N-dealkylation sites (N-methyl/N-ethyl adjacent to an activating group) is 1. The summed E-state index contributed by atoms with van der Waals surface area (Å²) in [6.45, 7) is 3.03. The van der Waals surface area contributed by atoms with Crippen LogP contribution in [-0.2, 0) is 16.0 Å². The van der Waals surface area contributed by atoms with Gasteiger partial charge in [0, 0.05) is 13.1 Å². The molecule has 0 amide bonds. The molecule has 0 radical (unpaired) electrons. The van der Waals surface area contributed by atoms with E-state index in [-0.39, 0.29) is 5.97 Å². The summed E-state index contributed by atoms with van der Waals surface area (Å²) in [6.07, 6.45) is 0.939. The molecule has 4 heteroatoms. The highest BCUT2D eigenvalue weighted by atomic mass is 16.5. The molecule has 0 spiro atoms. The normalized spacial score (nSPS) is 14.3. The first-order valence-corrected chi connectivity index (χ1v) is 6.05. The topological polar surface area (TPSA) is 55.6 Å². The van der Waals surface area contributed by atoms with Gasteiger partial charge in [0.1, 0.15) is 5.54 Å². The molecule has 2 N–H and O–H groups in total. The van der Waals surface area contributed by atoms with E-state index in [2.05, 4.69) is 16.9 Å². The van der Waals surface area contributed by atoms with Crippen molar-refractivity contribution in [2.45, 2.75) is 18.9 Å². The Labute approximate surface area is 109 Å². The van der Waals surface area contributed by atoms with Crippen molar-refractivity contribution in [3.8, 4) is 0 Å². The van der Waals surface area contributed by atoms with E-state index in [1.54, 1.807) is 6.92 Å². The fourth-order valence-electron chi connectivity index (χ4n) is 1.90. The molecule has 0 bridgehead atoms. The molecule has 0 fully saturated rings. The number of rotatable bonds is 6. The van der Waals surface area contributed by atoms with E-state index in [1.165, 1.54) is 12.7 Å². The molecule has 4 nitrogen and oxygen atoms in total. The van der Waals surface area contributed by atoms with Gasteiger partial charge in [-0.05, 0) is 26.0 Å². The number of methoxy groups -OCH3 is 1.